The van der Waals surface area contributed by atoms with E-state index < -0.39 is 0 Å². The van der Waals surface area contributed by atoms with Gasteiger partial charge in [0.2, 0.25) is 22.1 Å². The molecule has 0 aliphatic rings. The number of thioether (sulfide) groups is 2. The molecule has 0 aliphatic carbocycles. The van der Waals surface area contributed by atoms with Gasteiger partial charge in [-0.25, -0.2) is 0 Å². The molecular formula is C16H26N8O2S4. The lowest BCUT2D eigenvalue weighted by molar-refractivity contribution is -0.120. The molecule has 166 valence electrons. The smallest absolute Gasteiger partial charge is 0.230 e. The third kappa shape index (κ3) is 9.91. The monoisotopic (exact) mass is 490 g/mol. The first kappa shape index (κ1) is 24.6. The maximum absolute atomic E-state index is 11.9. The van der Waals surface area contributed by atoms with Gasteiger partial charge in [-0.1, -0.05) is 46.2 Å². The molecule has 2 heterocycles. The standard InChI is InChI=1S/C16H26N8O2S4/c1-9(2)19-13-21-23-15(29-13)27-7-11(25)17-5-6-18-12(26)8-28-16-24-22-14(30-16)20-10(3)4/h9-10H,5-8H2,1-4H3,(H,17,25)(H,18,26)(H,19,21)(H,20,22). The van der Waals surface area contributed by atoms with Crippen molar-refractivity contribution in [3.8, 4) is 0 Å². The Bertz CT molecular complexity index is 745. The molecule has 0 saturated carbocycles. The second kappa shape index (κ2) is 12.9. The van der Waals surface area contributed by atoms with Crippen molar-refractivity contribution >= 4 is 68.3 Å². The van der Waals surface area contributed by atoms with Gasteiger partial charge in [-0.05, 0) is 27.7 Å². The third-order valence-electron chi connectivity index (χ3n) is 3.06. The van der Waals surface area contributed by atoms with E-state index >= 15 is 0 Å². The van der Waals surface area contributed by atoms with Crippen LogP contribution in [0.5, 0.6) is 0 Å². The van der Waals surface area contributed by atoms with Crippen LogP contribution < -0.4 is 21.3 Å². The summed E-state index contributed by atoms with van der Waals surface area (Å²) in [5.41, 5.74) is 0. The van der Waals surface area contributed by atoms with Crippen molar-refractivity contribution in [2.75, 3.05) is 35.2 Å². The van der Waals surface area contributed by atoms with Crippen LogP contribution in [-0.4, -0.2) is 68.9 Å². The first-order valence-corrected chi connectivity index (χ1v) is 12.9. The van der Waals surface area contributed by atoms with E-state index in [0.717, 1.165) is 18.9 Å². The topological polar surface area (TPSA) is 134 Å². The minimum atomic E-state index is -0.115. The van der Waals surface area contributed by atoms with Gasteiger partial charge < -0.3 is 21.3 Å². The molecule has 10 nitrogen and oxygen atoms in total. The van der Waals surface area contributed by atoms with Crippen molar-refractivity contribution in [2.24, 2.45) is 0 Å². The third-order valence-corrected chi connectivity index (χ3v) is 7.04. The van der Waals surface area contributed by atoms with E-state index in [1.54, 1.807) is 0 Å². The number of hydrogen-bond acceptors (Lipinski definition) is 12. The minimum Gasteiger partial charge on any atom is -0.358 e. The van der Waals surface area contributed by atoms with E-state index in [4.69, 9.17) is 0 Å². The fraction of sp³-hybridized carbons (Fsp3) is 0.625. The fourth-order valence-corrected chi connectivity index (χ4v) is 5.36. The molecule has 0 radical (unpaired) electrons. The number of aromatic nitrogens is 4. The number of nitrogens with zero attached hydrogens (tertiary/aromatic N) is 4. The number of hydrogen-bond donors (Lipinski definition) is 4. The molecule has 0 bridgehead atoms. The first-order valence-electron chi connectivity index (χ1n) is 9.31. The molecule has 0 unspecified atom stereocenters. The minimum absolute atomic E-state index is 0.115. The Morgan fingerprint density at radius 3 is 1.53 bits per heavy atom. The lowest BCUT2D eigenvalue weighted by Gasteiger charge is -2.06. The highest BCUT2D eigenvalue weighted by molar-refractivity contribution is 8.01. The van der Waals surface area contributed by atoms with Gasteiger partial charge in [-0.2, -0.15) is 0 Å². The van der Waals surface area contributed by atoms with Crippen molar-refractivity contribution in [1.29, 1.82) is 0 Å². The number of nitrogens with one attached hydrogen (secondary N) is 4. The Morgan fingerprint density at radius 1 is 0.767 bits per heavy atom. The summed E-state index contributed by atoms with van der Waals surface area (Å²) >= 11 is 5.52. The van der Waals surface area contributed by atoms with Crippen molar-refractivity contribution in [2.45, 2.75) is 48.5 Å². The number of rotatable bonds is 13. The van der Waals surface area contributed by atoms with E-state index in [1.807, 2.05) is 27.7 Å². The molecule has 4 N–H and O–H groups in total. The van der Waals surface area contributed by atoms with Crippen LogP contribution in [0.15, 0.2) is 8.68 Å². The summed E-state index contributed by atoms with van der Waals surface area (Å²) < 4.78 is 1.48. The molecule has 2 rings (SSSR count). The second-order valence-corrected chi connectivity index (χ2v) is 11.0. The lowest BCUT2D eigenvalue weighted by Crippen LogP contribution is -2.36. The van der Waals surface area contributed by atoms with Crippen LogP contribution in [0.1, 0.15) is 27.7 Å². The summed E-state index contributed by atoms with van der Waals surface area (Å²) in [6, 6.07) is 0.565. The summed E-state index contributed by atoms with van der Waals surface area (Å²) in [5.74, 6) is 0.279. The van der Waals surface area contributed by atoms with Crippen LogP contribution in [0.3, 0.4) is 0 Å². The zero-order chi connectivity index (χ0) is 21.9. The molecule has 2 aromatic rings. The largest absolute Gasteiger partial charge is 0.358 e. The summed E-state index contributed by atoms with van der Waals surface area (Å²) in [4.78, 5) is 23.8. The molecular weight excluding hydrogens is 464 g/mol. The number of anilines is 2. The van der Waals surface area contributed by atoms with Crippen LogP contribution in [0.4, 0.5) is 10.3 Å². The Morgan fingerprint density at radius 2 is 1.17 bits per heavy atom. The highest BCUT2D eigenvalue weighted by atomic mass is 32.2. The van der Waals surface area contributed by atoms with Crippen LogP contribution in [0, 0.1) is 0 Å². The van der Waals surface area contributed by atoms with E-state index in [0.29, 0.717) is 13.1 Å². The van der Waals surface area contributed by atoms with Gasteiger partial charge in [0.25, 0.3) is 0 Å². The van der Waals surface area contributed by atoms with Gasteiger partial charge in [-0.3, -0.25) is 9.59 Å². The van der Waals surface area contributed by atoms with Gasteiger partial charge in [0, 0.05) is 25.2 Å². The maximum Gasteiger partial charge on any atom is 0.230 e. The fourth-order valence-electron chi connectivity index (χ4n) is 1.91. The Kier molecular flexibility index (Phi) is 10.6. The summed E-state index contributed by atoms with van der Waals surface area (Å²) in [6.07, 6.45) is 0. The number of carbonyl (C=O) groups is 2. The van der Waals surface area contributed by atoms with E-state index in [-0.39, 0.29) is 35.4 Å². The zero-order valence-corrected chi connectivity index (χ0v) is 20.5. The van der Waals surface area contributed by atoms with Gasteiger partial charge in [0.05, 0.1) is 11.5 Å². The molecule has 0 atom stereocenters. The van der Waals surface area contributed by atoms with E-state index in [9.17, 15) is 9.59 Å². The average molecular weight is 491 g/mol. The molecule has 0 fully saturated rings. The molecule has 14 heteroatoms. The second-order valence-electron chi connectivity index (χ2n) is 6.62. The normalized spacial score (nSPS) is 11.0. The number of amides is 2. The van der Waals surface area contributed by atoms with Crippen molar-refractivity contribution in [1.82, 2.24) is 31.0 Å². The summed E-state index contributed by atoms with van der Waals surface area (Å²) in [6.45, 7) is 8.83. The van der Waals surface area contributed by atoms with Gasteiger partial charge in [0.1, 0.15) is 0 Å². The first-order chi connectivity index (χ1) is 14.3. The van der Waals surface area contributed by atoms with Crippen LogP contribution in [0.2, 0.25) is 0 Å². The SMILES string of the molecule is CC(C)Nc1nnc(SCC(=O)NCCNC(=O)CSc2nnc(NC(C)C)s2)s1. The lowest BCUT2D eigenvalue weighted by atomic mass is 10.4. The molecule has 30 heavy (non-hydrogen) atoms. The van der Waals surface area contributed by atoms with Gasteiger partial charge in [0.15, 0.2) is 8.68 Å². The molecule has 2 amide bonds. The zero-order valence-electron chi connectivity index (χ0n) is 17.2. The molecule has 0 aromatic carbocycles. The van der Waals surface area contributed by atoms with Crippen LogP contribution in [-0.2, 0) is 9.59 Å². The van der Waals surface area contributed by atoms with E-state index in [1.165, 1.54) is 46.2 Å². The summed E-state index contributed by atoms with van der Waals surface area (Å²) in [5, 5.41) is 29.5. The van der Waals surface area contributed by atoms with Crippen LogP contribution in [0.25, 0.3) is 0 Å². The van der Waals surface area contributed by atoms with E-state index in [2.05, 4.69) is 41.7 Å². The predicted octanol–water partition coefficient (Wildman–Crippen LogP) is 2.15. The molecule has 0 saturated heterocycles. The van der Waals surface area contributed by atoms with Crippen LogP contribution >= 0.6 is 46.2 Å². The Labute approximate surface area is 192 Å². The quantitative estimate of drug-likeness (QED) is 0.244. The van der Waals surface area contributed by atoms with Crippen molar-refractivity contribution in [3.05, 3.63) is 0 Å². The highest BCUT2D eigenvalue weighted by Gasteiger charge is 2.10. The molecule has 2 aromatic heterocycles. The van der Waals surface area contributed by atoms with Crippen molar-refractivity contribution < 1.29 is 9.59 Å². The maximum atomic E-state index is 11.9. The highest BCUT2D eigenvalue weighted by Crippen LogP contribution is 2.26. The van der Waals surface area contributed by atoms with Gasteiger partial charge >= 0.3 is 0 Å². The summed E-state index contributed by atoms with van der Waals surface area (Å²) in [7, 11) is 0. The molecule has 0 spiro atoms. The Hall–Kier alpha value is -1.64. The van der Waals surface area contributed by atoms with Crippen molar-refractivity contribution in [3.63, 3.8) is 0 Å². The predicted molar refractivity (Wildman–Crippen MR) is 125 cm³/mol. The average Bonchev–Trinajstić information content (AvgIpc) is 3.30. The Balaban J connectivity index is 1.54. The molecule has 0 aliphatic heterocycles. The van der Waals surface area contributed by atoms with Gasteiger partial charge in [-0.15, -0.1) is 20.4 Å². The number of carbonyl (C=O) groups excluding carboxylic acids is 2.